The number of nitrogens with one attached hydrogen (secondary N) is 2. The van der Waals surface area contributed by atoms with Crippen LogP contribution in [-0.4, -0.2) is 34.9 Å². The second-order valence-corrected chi connectivity index (χ2v) is 7.34. The first-order chi connectivity index (χ1) is 12.5. The average Bonchev–Trinajstić information content (AvgIpc) is 2.82. The van der Waals surface area contributed by atoms with Crippen LogP contribution < -0.4 is 10.6 Å². The summed E-state index contributed by atoms with van der Waals surface area (Å²) in [5.41, 5.74) is 6.62. The van der Waals surface area contributed by atoms with E-state index in [0.29, 0.717) is 12.0 Å². The van der Waals surface area contributed by atoms with Gasteiger partial charge in [-0.15, -0.1) is 0 Å². The molecule has 5 nitrogen and oxygen atoms in total. The van der Waals surface area contributed by atoms with Gasteiger partial charge in [0.1, 0.15) is 0 Å². The molecule has 0 saturated heterocycles. The highest BCUT2D eigenvalue weighted by Crippen LogP contribution is 2.34. The van der Waals surface area contributed by atoms with Crippen LogP contribution in [0.15, 0.2) is 29.3 Å². The average molecular weight is 354 g/mol. The molecule has 1 aromatic heterocycles. The minimum Gasteiger partial charge on any atom is -0.357 e. The highest BCUT2D eigenvalue weighted by atomic mass is 15.3. The lowest BCUT2D eigenvalue weighted by Gasteiger charge is -2.29. The number of hydrogen-bond donors (Lipinski definition) is 2. The van der Waals surface area contributed by atoms with Crippen molar-refractivity contribution in [3.8, 4) is 0 Å². The number of guanidine groups is 1. The molecule has 1 aliphatic carbocycles. The van der Waals surface area contributed by atoms with Crippen LogP contribution in [0, 0.1) is 13.8 Å². The molecule has 0 fully saturated rings. The van der Waals surface area contributed by atoms with E-state index in [1.807, 2.05) is 11.7 Å². The lowest BCUT2D eigenvalue weighted by atomic mass is 9.78. The van der Waals surface area contributed by atoms with Gasteiger partial charge in [-0.05, 0) is 57.2 Å². The van der Waals surface area contributed by atoms with E-state index in [1.54, 1.807) is 0 Å². The number of nitrogens with zero attached hydrogens (tertiary/aromatic N) is 3. The van der Waals surface area contributed by atoms with Gasteiger partial charge in [-0.25, -0.2) is 0 Å². The normalized spacial score (nSPS) is 17.4. The number of rotatable bonds is 6. The molecule has 5 heteroatoms. The Morgan fingerprint density at radius 1 is 1.35 bits per heavy atom. The van der Waals surface area contributed by atoms with Crippen molar-refractivity contribution >= 4 is 5.96 Å². The van der Waals surface area contributed by atoms with Crippen LogP contribution in [0.5, 0.6) is 0 Å². The molecule has 0 spiro atoms. The molecule has 26 heavy (non-hydrogen) atoms. The van der Waals surface area contributed by atoms with E-state index in [1.165, 1.54) is 22.4 Å². The predicted molar refractivity (Wildman–Crippen MR) is 108 cm³/mol. The van der Waals surface area contributed by atoms with Crippen LogP contribution >= 0.6 is 0 Å². The van der Waals surface area contributed by atoms with Gasteiger partial charge in [-0.3, -0.25) is 9.67 Å². The molecule has 0 radical (unpaired) electrons. The zero-order valence-electron chi connectivity index (χ0n) is 16.6. The second-order valence-electron chi connectivity index (χ2n) is 7.34. The Kier molecular flexibility index (Phi) is 5.64. The maximum Gasteiger partial charge on any atom is 0.191 e. The van der Waals surface area contributed by atoms with Crippen LogP contribution in [0.2, 0.25) is 0 Å². The number of aliphatic imine (C=N–C) groups is 1. The Bertz CT molecular complexity index is 790. The molecular formula is C21H31N5. The number of fused-ring (bicyclic) bond motifs is 1. The summed E-state index contributed by atoms with van der Waals surface area (Å²) < 4.78 is 1.96. The standard InChI is InChI=1S/C21H31N5/c1-6-22-21(23-13-18-12-17-9-7-8-10-19(17)18)24-14(2)11-20-15(3)25-26(5)16(20)4/h7-10,14,18H,6,11-13H2,1-5H3,(H2,22,23,24). The molecule has 3 rings (SSSR count). The third-order valence-corrected chi connectivity index (χ3v) is 5.33. The van der Waals surface area contributed by atoms with E-state index >= 15 is 0 Å². The molecule has 1 heterocycles. The van der Waals surface area contributed by atoms with E-state index in [0.717, 1.165) is 37.6 Å². The zero-order valence-corrected chi connectivity index (χ0v) is 16.6. The lowest BCUT2D eigenvalue weighted by molar-refractivity contribution is 0.602. The van der Waals surface area contributed by atoms with Crippen molar-refractivity contribution in [3.63, 3.8) is 0 Å². The van der Waals surface area contributed by atoms with Crippen molar-refractivity contribution in [2.24, 2.45) is 12.0 Å². The molecule has 0 aliphatic heterocycles. The van der Waals surface area contributed by atoms with Crippen molar-refractivity contribution in [1.29, 1.82) is 0 Å². The van der Waals surface area contributed by atoms with Gasteiger partial charge in [0.05, 0.1) is 5.69 Å². The lowest BCUT2D eigenvalue weighted by Crippen LogP contribution is -2.43. The highest BCUT2D eigenvalue weighted by Gasteiger charge is 2.25. The summed E-state index contributed by atoms with van der Waals surface area (Å²) in [7, 11) is 2.01. The Hall–Kier alpha value is -2.30. The first-order valence-corrected chi connectivity index (χ1v) is 9.61. The number of aryl methyl sites for hydroxylation is 2. The van der Waals surface area contributed by atoms with Crippen molar-refractivity contribution in [2.75, 3.05) is 13.1 Å². The largest absolute Gasteiger partial charge is 0.357 e. The van der Waals surface area contributed by atoms with Gasteiger partial charge in [0.15, 0.2) is 5.96 Å². The van der Waals surface area contributed by atoms with Crippen LogP contribution in [0.3, 0.4) is 0 Å². The molecule has 2 N–H and O–H groups in total. The van der Waals surface area contributed by atoms with E-state index in [-0.39, 0.29) is 0 Å². The molecule has 1 aromatic carbocycles. The molecule has 0 amide bonds. The Balaban J connectivity index is 1.61. The van der Waals surface area contributed by atoms with E-state index in [4.69, 9.17) is 4.99 Å². The van der Waals surface area contributed by atoms with Gasteiger partial charge < -0.3 is 10.6 Å². The first kappa shape index (κ1) is 18.5. The molecule has 2 atom stereocenters. The third-order valence-electron chi connectivity index (χ3n) is 5.33. The Morgan fingerprint density at radius 2 is 2.12 bits per heavy atom. The summed E-state index contributed by atoms with van der Waals surface area (Å²) in [5, 5.41) is 11.5. The first-order valence-electron chi connectivity index (χ1n) is 9.61. The summed E-state index contributed by atoms with van der Waals surface area (Å²) in [6, 6.07) is 8.99. The summed E-state index contributed by atoms with van der Waals surface area (Å²) in [6.45, 7) is 10.2. The molecule has 2 unspecified atom stereocenters. The van der Waals surface area contributed by atoms with Crippen LogP contribution in [0.4, 0.5) is 0 Å². The van der Waals surface area contributed by atoms with Crippen molar-refractivity contribution in [2.45, 2.75) is 52.5 Å². The van der Waals surface area contributed by atoms with Crippen LogP contribution in [-0.2, 0) is 19.9 Å². The Labute approximate surface area is 156 Å². The maximum atomic E-state index is 4.84. The molecule has 140 valence electrons. The minimum absolute atomic E-state index is 0.295. The second kappa shape index (κ2) is 7.94. The smallest absolute Gasteiger partial charge is 0.191 e. The van der Waals surface area contributed by atoms with Gasteiger partial charge >= 0.3 is 0 Å². The van der Waals surface area contributed by atoms with Gasteiger partial charge in [0, 0.05) is 37.8 Å². The van der Waals surface area contributed by atoms with Gasteiger partial charge in [0.2, 0.25) is 0 Å². The summed E-state index contributed by atoms with van der Waals surface area (Å²) >= 11 is 0. The van der Waals surface area contributed by atoms with Crippen molar-refractivity contribution in [1.82, 2.24) is 20.4 Å². The van der Waals surface area contributed by atoms with E-state index < -0.39 is 0 Å². The van der Waals surface area contributed by atoms with E-state index in [2.05, 4.69) is 67.7 Å². The zero-order chi connectivity index (χ0) is 18.7. The third kappa shape index (κ3) is 3.92. The van der Waals surface area contributed by atoms with Crippen LogP contribution in [0.25, 0.3) is 0 Å². The van der Waals surface area contributed by atoms with E-state index in [9.17, 15) is 0 Å². The number of aromatic nitrogens is 2. The molecule has 0 bridgehead atoms. The van der Waals surface area contributed by atoms with Crippen molar-refractivity contribution < 1.29 is 0 Å². The fourth-order valence-corrected chi connectivity index (χ4v) is 3.75. The SMILES string of the molecule is CCNC(=NCC1Cc2ccccc21)NC(C)Cc1c(C)nn(C)c1C. The fourth-order valence-electron chi connectivity index (χ4n) is 3.75. The topological polar surface area (TPSA) is 54.2 Å². The monoisotopic (exact) mass is 353 g/mol. The van der Waals surface area contributed by atoms with Crippen molar-refractivity contribution in [3.05, 3.63) is 52.3 Å². The van der Waals surface area contributed by atoms with Gasteiger partial charge in [-0.1, -0.05) is 24.3 Å². The molecule has 2 aromatic rings. The maximum absolute atomic E-state index is 4.84. The Morgan fingerprint density at radius 3 is 2.77 bits per heavy atom. The van der Waals surface area contributed by atoms with Gasteiger partial charge in [-0.2, -0.15) is 5.10 Å². The fraction of sp³-hybridized carbons (Fsp3) is 0.524. The number of hydrogen-bond acceptors (Lipinski definition) is 2. The molecule has 1 aliphatic rings. The molecular weight excluding hydrogens is 322 g/mol. The summed E-state index contributed by atoms with van der Waals surface area (Å²) in [4.78, 5) is 4.84. The van der Waals surface area contributed by atoms with Crippen LogP contribution in [0.1, 0.15) is 47.8 Å². The highest BCUT2D eigenvalue weighted by molar-refractivity contribution is 5.80. The predicted octanol–water partition coefficient (Wildman–Crippen LogP) is 2.86. The number of benzene rings is 1. The van der Waals surface area contributed by atoms with Gasteiger partial charge in [0.25, 0.3) is 0 Å². The summed E-state index contributed by atoms with van der Waals surface area (Å²) in [5.74, 6) is 1.46. The quantitative estimate of drug-likeness (QED) is 0.620. The molecule has 0 saturated carbocycles. The minimum atomic E-state index is 0.295. The summed E-state index contributed by atoms with van der Waals surface area (Å²) in [6.07, 6.45) is 2.09.